The molecule has 1 aromatic rings. The second kappa shape index (κ2) is 5.01. The summed E-state index contributed by atoms with van der Waals surface area (Å²) in [4.78, 5) is 14.0. The summed E-state index contributed by atoms with van der Waals surface area (Å²) >= 11 is 1.51. The quantitative estimate of drug-likeness (QED) is 0.759. The Bertz CT molecular complexity index is 446. The van der Waals surface area contributed by atoms with Crippen LogP contribution >= 0.6 is 11.3 Å². The molecule has 1 aromatic heterocycles. The number of rotatable bonds is 3. The van der Waals surface area contributed by atoms with Crippen molar-refractivity contribution in [1.82, 2.24) is 0 Å². The lowest BCUT2D eigenvalue weighted by atomic mass is 9.92. The molecule has 0 radical (unpaired) electrons. The van der Waals surface area contributed by atoms with E-state index in [0.29, 0.717) is 4.88 Å². The van der Waals surface area contributed by atoms with Gasteiger partial charge in [0, 0.05) is 4.88 Å². The number of carbonyl (C=O) groups excluding carboxylic acids is 1. The van der Waals surface area contributed by atoms with E-state index in [4.69, 9.17) is 5.26 Å². The maximum Gasteiger partial charge on any atom is 0.190 e. The standard InChI is InChI=1S/C14H19NOS/c1-9(2)10(8-15)13(16)11-6-7-12(17-11)14(3,4)5/h6-7,9-10H,1-5H3. The van der Waals surface area contributed by atoms with Crippen LogP contribution in [0.15, 0.2) is 12.1 Å². The molecule has 0 aliphatic heterocycles. The molecule has 0 aromatic carbocycles. The lowest BCUT2D eigenvalue weighted by Gasteiger charge is -2.15. The van der Waals surface area contributed by atoms with Crippen LogP contribution in [-0.2, 0) is 5.41 Å². The zero-order valence-corrected chi connectivity index (χ0v) is 11.9. The molecular weight excluding hydrogens is 230 g/mol. The molecule has 1 atom stereocenters. The molecule has 3 heteroatoms. The topological polar surface area (TPSA) is 40.9 Å². The first-order valence-electron chi connectivity index (χ1n) is 5.81. The van der Waals surface area contributed by atoms with Gasteiger partial charge in [-0.2, -0.15) is 5.26 Å². The van der Waals surface area contributed by atoms with Crippen molar-refractivity contribution >= 4 is 17.1 Å². The molecule has 0 N–H and O–H groups in total. The van der Waals surface area contributed by atoms with Gasteiger partial charge in [0.2, 0.25) is 0 Å². The molecule has 0 bridgehead atoms. The predicted octanol–water partition coefficient (Wildman–Crippen LogP) is 4.02. The van der Waals surface area contributed by atoms with Crippen LogP contribution in [0.1, 0.15) is 49.2 Å². The highest BCUT2D eigenvalue weighted by molar-refractivity contribution is 7.14. The van der Waals surface area contributed by atoms with E-state index in [0.717, 1.165) is 0 Å². The lowest BCUT2D eigenvalue weighted by Crippen LogP contribution is -2.17. The molecule has 17 heavy (non-hydrogen) atoms. The van der Waals surface area contributed by atoms with Gasteiger partial charge in [-0.15, -0.1) is 11.3 Å². The van der Waals surface area contributed by atoms with Gasteiger partial charge >= 0.3 is 0 Å². The molecule has 0 amide bonds. The van der Waals surface area contributed by atoms with E-state index in [-0.39, 0.29) is 17.1 Å². The minimum absolute atomic E-state index is 0.0389. The maximum absolute atomic E-state index is 12.1. The Kier molecular flexibility index (Phi) is 4.11. The van der Waals surface area contributed by atoms with E-state index in [2.05, 4.69) is 26.8 Å². The average Bonchev–Trinajstić information content (AvgIpc) is 2.65. The summed E-state index contributed by atoms with van der Waals surface area (Å²) in [6.07, 6.45) is 0. The van der Waals surface area contributed by atoms with E-state index < -0.39 is 5.92 Å². The second-order valence-corrected chi connectivity index (χ2v) is 6.71. The molecule has 1 rings (SSSR count). The highest BCUT2D eigenvalue weighted by Gasteiger charge is 2.26. The van der Waals surface area contributed by atoms with Crippen LogP contribution in [0.3, 0.4) is 0 Å². The van der Waals surface area contributed by atoms with Crippen LogP contribution in [0.4, 0.5) is 0 Å². The number of hydrogen-bond acceptors (Lipinski definition) is 3. The first-order chi connectivity index (χ1) is 7.77. The van der Waals surface area contributed by atoms with Gasteiger partial charge < -0.3 is 0 Å². The zero-order chi connectivity index (χ0) is 13.2. The Morgan fingerprint density at radius 2 is 1.94 bits per heavy atom. The fourth-order valence-corrected chi connectivity index (χ4v) is 2.58. The summed E-state index contributed by atoms with van der Waals surface area (Å²) in [7, 11) is 0. The molecule has 0 saturated heterocycles. The monoisotopic (exact) mass is 249 g/mol. The van der Waals surface area contributed by atoms with Gasteiger partial charge in [0.1, 0.15) is 5.92 Å². The molecule has 1 heterocycles. The summed E-state index contributed by atoms with van der Waals surface area (Å²) in [5.41, 5.74) is 0.0587. The van der Waals surface area contributed by atoms with Gasteiger partial charge in [0.15, 0.2) is 5.78 Å². The molecule has 0 saturated carbocycles. The minimum atomic E-state index is -0.526. The zero-order valence-electron chi connectivity index (χ0n) is 11.1. The van der Waals surface area contributed by atoms with E-state index >= 15 is 0 Å². The normalized spacial score (nSPS) is 13.5. The number of nitrogens with zero attached hydrogens (tertiary/aromatic N) is 1. The molecule has 0 aliphatic carbocycles. The Labute approximate surface area is 107 Å². The van der Waals surface area contributed by atoms with Crippen LogP contribution in [0.2, 0.25) is 0 Å². The van der Waals surface area contributed by atoms with Crippen LogP contribution in [0, 0.1) is 23.2 Å². The first kappa shape index (κ1) is 13.9. The summed E-state index contributed by atoms with van der Waals surface area (Å²) in [5.74, 6) is -0.503. The van der Waals surface area contributed by atoms with Crippen molar-refractivity contribution in [3.63, 3.8) is 0 Å². The molecule has 2 nitrogen and oxygen atoms in total. The van der Waals surface area contributed by atoms with Crippen molar-refractivity contribution in [2.24, 2.45) is 11.8 Å². The van der Waals surface area contributed by atoms with Gasteiger partial charge in [0.05, 0.1) is 10.9 Å². The van der Waals surface area contributed by atoms with Crippen LogP contribution < -0.4 is 0 Å². The van der Waals surface area contributed by atoms with E-state index in [9.17, 15) is 4.79 Å². The first-order valence-corrected chi connectivity index (χ1v) is 6.63. The Balaban J connectivity index is 2.99. The number of hydrogen-bond donors (Lipinski definition) is 0. The molecule has 0 aliphatic rings. The van der Waals surface area contributed by atoms with Gasteiger partial charge in [-0.3, -0.25) is 4.79 Å². The third-order valence-corrected chi connectivity index (χ3v) is 4.20. The van der Waals surface area contributed by atoms with Crippen molar-refractivity contribution in [2.75, 3.05) is 0 Å². The largest absolute Gasteiger partial charge is 0.292 e. The van der Waals surface area contributed by atoms with Crippen molar-refractivity contribution in [1.29, 1.82) is 5.26 Å². The number of thiophene rings is 1. The van der Waals surface area contributed by atoms with Crippen LogP contribution in [0.25, 0.3) is 0 Å². The molecule has 1 unspecified atom stereocenters. The van der Waals surface area contributed by atoms with Crippen LogP contribution in [0.5, 0.6) is 0 Å². The fourth-order valence-electron chi connectivity index (χ4n) is 1.54. The third kappa shape index (κ3) is 3.17. The lowest BCUT2D eigenvalue weighted by molar-refractivity contribution is 0.0928. The van der Waals surface area contributed by atoms with E-state index in [1.54, 1.807) is 0 Å². The number of nitriles is 1. The van der Waals surface area contributed by atoms with Crippen molar-refractivity contribution in [3.8, 4) is 6.07 Å². The van der Waals surface area contributed by atoms with E-state index in [1.165, 1.54) is 16.2 Å². The van der Waals surface area contributed by atoms with Gasteiger partial charge in [-0.1, -0.05) is 34.6 Å². The second-order valence-electron chi connectivity index (χ2n) is 5.63. The fraction of sp³-hybridized carbons (Fsp3) is 0.571. The summed E-state index contributed by atoms with van der Waals surface area (Å²) in [6, 6.07) is 5.95. The average molecular weight is 249 g/mol. The maximum atomic E-state index is 12.1. The smallest absolute Gasteiger partial charge is 0.190 e. The van der Waals surface area contributed by atoms with E-state index in [1.807, 2.05) is 26.0 Å². The molecule has 92 valence electrons. The number of Topliss-reactive ketones (excluding diaryl/α,β-unsaturated/α-hetero) is 1. The summed E-state index contributed by atoms with van der Waals surface area (Å²) < 4.78 is 0. The Hall–Kier alpha value is -1.14. The summed E-state index contributed by atoms with van der Waals surface area (Å²) in [5, 5.41) is 9.03. The number of carbonyl (C=O) groups is 1. The van der Waals surface area contributed by atoms with Gasteiger partial charge in [-0.25, -0.2) is 0 Å². The SMILES string of the molecule is CC(C)C(C#N)C(=O)c1ccc(C(C)(C)C)s1. The highest BCUT2D eigenvalue weighted by Crippen LogP contribution is 2.31. The van der Waals surface area contributed by atoms with Crippen LogP contribution in [-0.4, -0.2) is 5.78 Å². The minimum Gasteiger partial charge on any atom is -0.292 e. The third-order valence-electron chi connectivity index (χ3n) is 2.68. The van der Waals surface area contributed by atoms with Crippen molar-refractivity contribution < 1.29 is 4.79 Å². The summed E-state index contributed by atoms with van der Waals surface area (Å²) in [6.45, 7) is 10.2. The Morgan fingerprint density at radius 1 is 1.35 bits per heavy atom. The molecular formula is C14H19NOS. The predicted molar refractivity (Wildman–Crippen MR) is 71.3 cm³/mol. The Morgan fingerprint density at radius 3 is 2.29 bits per heavy atom. The van der Waals surface area contributed by atoms with Crippen molar-refractivity contribution in [2.45, 2.75) is 40.0 Å². The van der Waals surface area contributed by atoms with Gasteiger partial charge in [0.25, 0.3) is 0 Å². The highest BCUT2D eigenvalue weighted by atomic mass is 32.1. The van der Waals surface area contributed by atoms with Crippen molar-refractivity contribution in [3.05, 3.63) is 21.9 Å². The molecule has 0 fully saturated rings. The van der Waals surface area contributed by atoms with Gasteiger partial charge in [-0.05, 0) is 23.5 Å². The number of ketones is 1. The molecule has 0 spiro atoms.